The average molecular weight is 272 g/mol. The van der Waals surface area contributed by atoms with Gasteiger partial charge in [-0.1, -0.05) is 19.4 Å². The van der Waals surface area contributed by atoms with Gasteiger partial charge in [0.25, 0.3) is 0 Å². The van der Waals surface area contributed by atoms with Crippen molar-refractivity contribution in [1.29, 1.82) is 5.26 Å². The lowest BCUT2D eigenvalue weighted by Crippen LogP contribution is -2.32. The summed E-state index contributed by atoms with van der Waals surface area (Å²) in [6.45, 7) is 3.14. The molecule has 0 unspecified atom stereocenters. The third-order valence-corrected chi connectivity index (χ3v) is 4.41. The number of ether oxygens (including phenoxy) is 1. The number of benzene rings is 1. The second kappa shape index (κ2) is 7.31. The number of methoxy groups -OCH3 is 1. The van der Waals surface area contributed by atoms with E-state index in [0.717, 1.165) is 12.5 Å². The third kappa shape index (κ3) is 3.74. The summed E-state index contributed by atoms with van der Waals surface area (Å²) in [5, 5.41) is 12.6. The van der Waals surface area contributed by atoms with Crippen LogP contribution >= 0.6 is 0 Å². The fourth-order valence-electron chi connectivity index (χ4n) is 2.97. The van der Waals surface area contributed by atoms with Crippen molar-refractivity contribution < 1.29 is 4.74 Å². The zero-order chi connectivity index (χ0) is 14.4. The van der Waals surface area contributed by atoms with E-state index in [-0.39, 0.29) is 0 Å². The number of nitrogens with one attached hydrogen (secondary N) is 1. The van der Waals surface area contributed by atoms with Gasteiger partial charge in [0.15, 0.2) is 0 Å². The molecule has 1 aromatic rings. The van der Waals surface area contributed by atoms with Crippen molar-refractivity contribution in [3.8, 4) is 11.8 Å². The van der Waals surface area contributed by atoms with Gasteiger partial charge in [-0.3, -0.25) is 0 Å². The summed E-state index contributed by atoms with van der Waals surface area (Å²) in [5.74, 6) is 1.60. The smallest absolute Gasteiger partial charge is 0.136 e. The highest BCUT2D eigenvalue weighted by molar-refractivity contribution is 5.45. The topological polar surface area (TPSA) is 45.0 Å². The van der Waals surface area contributed by atoms with Gasteiger partial charge in [0.2, 0.25) is 0 Å². The summed E-state index contributed by atoms with van der Waals surface area (Å²) in [5.41, 5.74) is 1.78. The second-order valence-corrected chi connectivity index (χ2v) is 5.65. The van der Waals surface area contributed by atoms with Crippen LogP contribution in [0.2, 0.25) is 0 Å². The highest BCUT2D eigenvalue weighted by Crippen LogP contribution is 2.27. The predicted molar refractivity (Wildman–Crippen MR) is 80.6 cm³/mol. The Morgan fingerprint density at radius 3 is 2.65 bits per heavy atom. The summed E-state index contributed by atoms with van der Waals surface area (Å²) >= 11 is 0. The number of rotatable bonds is 5. The molecule has 0 saturated heterocycles. The van der Waals surface area contributed by atoms with E-state index < -0.39 is 0 Å². The van der Waals surface area contributed by atoms with Crippen LogP contribution in [0.5, 0.6) is 5.75 Å². The summed E-state index contributed by atoms with van der Waals surface area (Å²) in [6, 6.07) is 8.59. The van der Waals surface area contributed by atoms with Gasteiger partial charge in [-0.15, -0.1) is 0 Å². The van der Waals surface area contributed by atoms with Crippen LogP contribution in [0.25, 0.3) is 0 Å². The monoisotopic (exact) mass is 272 g/mol. The van der Waals surface area contributed by atoms with Crippen molar-refractivity contribution in [3.05, 3.63) is 29.3 Å². The molecule has 0 spiro atoms. The van der Waals surface area contributed by atoms with Crippen LogP contribution in [0.3, 0.4) is 0 Å². The van der Waals surface area contributed by atoms with Crippen LogP contribution in [0.15, 0.2) is 18.2 Å². The van der Waals surface area contributed by atoms with Gasteiger partial charge >= 0.3 is 0 Å². The van der Waals surface area contributed by atoms with Crippen LogP contribution < -0.4 is 10.1 Å². The first-order valence-corrected chi connectivity index (χ1v) is 7.57. The van der Waals surface area contributed by atoms with Crippen molar-refractivity contribution in [2.75, 3.05) is 7.11 Å². The van der Waals surface area contributed by atoms with Gasteiger partial charge in [0, 0.05) is 12.6 Å². The second-order valence-electron chi connectivity index (χ2n) is 5.65. The van der Waals surface area contributed by atoms with Crippen LogP contribution in [0, 0.1) is 17.2 Å². The van der Waals surface area contributed by atoms with Crippen LogP contribution in [0.4, 0.5) is 0 Å². The lowest BCUT2D eigenvalue weighted by Gasteiger charge is -2.28. The zero-order valence-electron chi connectivity index (χ0n) is 12.5. The van der Waals surface area contributed by atoms with E-state index in [4.69, 9.17) is 10.00 Å². The molecule has 3 nitrogen and oxygen atoms in total. The maximum atomic E-state index is 8.98. The Balaban J connectivity index is 1.87. The van der Waals surface area contributed by atoms with Gasteiger partial charge in [0.05, 0.1) is 12.7 Å². The molecule has 20 heavy (non-hydrogen) atoms. The van der Waals surface area contributed by atoms with Crippen LogP contribution in [-0.4, -0.2) is 13.2 Å². The lowest BCUT2D eigenvalue weighted by atomic mass is 9.84. The number of nitriles is 1. The SMILES string of the molecule is CCC1CCC(NCc2ccc(C#N)c(OC)c2)CC1. The molecule has 2 rings (SSSR count). The van der Waals surface area contributed by atoms with Gasteiger partial charge < -0.3 is 10.1 Å². The summed E-state index contributed by atoms with van der Waals surface area (Å²) in [6.07, 6.45) is 6.59. The van der Waals surface area contributed by atoms with E-state index in [2.05, 4.69) is 18.3 Å². The van der Waals surface area contributed by atoms with Crippen LogP contribution in [0.1, 0.15) is 50.2 Å². The van der Waals surface area contributed by atoms with E-state index >= 15 is 0 Å². The van der Waals surface area contributed by atoms with Crippen molar-refractivity contribution in [1.82, 2.24) is 5.32 Å². The minimum Gasteiger partial charge on any atom is -0.495 e. The molecule has 0 heterocycles. The molecule has 1 N–H and O–H groups in total. The molecule has 1 saturated carbocycles. The van der Waals surface area contributed by atoms with Gasteiger partial charge in [-0.2, -0.15) is 5.26 Å². The molecule has 108 valence electrons. The fourth-order valence-corrected chi connectivity index (χ4v) is 2.97. The Morgan fingerprint density at radius 2 is 2.05 bits per heavy atom. The van der Waals surface area contributed by atoms with E-state index in [9.17, 15) is 0 Å². The number of hydrogen-bond acceptors (Lipinski definition) is 3. The molecule has 1 fully saturated rings. The third-order valence-electron chi connectivity index (χ3n) is 4.41. The predicted octanol–water partition coefficient (Wildman–Crippen LogP) is 3.63. The van der Waals surface area contributed by atoms with Gasteiger partial charge in [-0.25, -0.2) is 0 Å². The zero-order valence-corrected chi connectivity index (χ0v) is 12.5. The minimum atomic E-state index is 0.597. The average Bonchev–Trinajstić information content (AvgIpc) is 2.53. The number of nitrogens with zero attached hydrogens (tertiary/aromatic N) is 1. The highest BCUT2D eigenvalue weighted by atomic mass is 16.5. The molecular weight excluding hydrogens is 248 g/mol. The molecular formula is C17H24N2O. The van der Waals surface area contributed by atoms with Crippen molar-refractivity contribution in [2.45, 2.75) is 51.6 Å². The van der Waals surface area contributed by atoms with Crippen LogP contribution in [-0.2, 0) is 6.54 Å². The Bertz CT molecular complexity index is 470. The maximum absolute atomic E-state index is 8.98. The van der Waals surface area contributed by atoms with Crippen molar-refractivity contribution >= 4 is 0 Å². The molecule has 0 aromatic heterocycles. The Morgan fingerprint density at radius 1 is 1.30 bits per heavy atom. The highest BCUT2D eigenvalue weighted by Gasteiger charge is 2.19. The van der Waals surface area contributed by atoms with E-state index in [0.29, 0.717) is 17.4 Å². The molecule has 1 aromatic carbocycles. The first-order chi connectivity index (χ1) is 9.76. The summed E-state index contributed by atoms with van der Waals surface area (Å²) < 4.78 is 5.25. The number of hydrogen-bond donors (Lipinski definition) is 1. The maximum Gasteiger partial charge on any atom is 0.136 e. The minimum absolute atomic E-state index is 0.597. The van der Waals surface area contributed by atoms with E-state index in [1.807, 2.05) is 18.2 Å². The standard InChI is InChI=1S/C17H24N2O/c1-3-13-5-8-16(9-6-13)19-12-14-4-7-15(11-18)17(10-14)20-2/h4,7,10,13,16,19H,3,5-6,8-9,12H2,1-2H3. The summed E-state index contributed by atoms with van der Waals surface area (Å²) in [4.78, 5) is 0. The largest absolute Gasteiger partial charge is 0.495 e. The molecule has 1 aliphatic carbocycles. The lowest BCUT2D eigenvalue weighted by molar-refractivity contribution is 0.285. The summed E-state index contributed by atoms with van der Waals surface area (Å²) in [7, 11) is 1.61. The Labute approximate surface area is 121 Å². The van der Waals surface area contributed by atoms with Crippen molar-refractivity contribution in [3.63, 3.8) is 0 Å². The first kappa shape index (κ1) is 14.9. The molecule has 3 heteroatoms. The molecule has 0 radical (unpaired) electrons. The molecule has 0 amide bonds. The fraction of sp³-hybridized carbons (Fsp3) is 0.588. The first-order valence-electron chi connectivity index (χ1n) is 7.57. The Hall–Kier alpha value is -1.53. The molecule has 1 aliphatic rings. The quantitative estimate of drug-likeness (QED) is 0.890. The molecule has 0 aliphatic heterocycles. The normalized spacial score (nSPS) is 22.2. The van der Waals surface area contributed by atoms with Gasteiger partial charge in [-0.05, 0) is 49.3 Å². The Kier molecular flexibility index (Phi) is 5.43. The van der Waals surface area contributed by atoms with E-state index in [1.165, 1.54) is 37.7 Å². The van der Waals surface area contributed by atoms with E-state index in [1.54, 1.807) is 7.11 Å². The van der Waals surface area contributed by atoms with Crippen molar-refractivity contribution in [2.24, 2.45) is 5.92 Å². The van der Waals surface area contributed by atoms with Gasteiger partial charge in [0.1, 0.15) is 11.8 Å². The molecule has 0 bridgehead atoms. The molecule has 0 atom stereocenters.